The average molecular weight is 615 g/mol. The molecule has 45 heavy (non-hydrogen) atoms. The Morgan fingerprint density at radius 2 is 1.62 bits per heavy atom. The van der Waals surface area contributed by atoms with Gasteiger partial charge in [0.25, 0.3) is 0 Å². The number of rotatable bonds is 12. The summed E-state index contributed by atoms with van der Waals surface area (Å²) in [5.41, 5.74) is 4.91. The van der Waals surface area contributed by atoms with Crippen LogP contribution in [0.25, 0.3) is 0 Å². The number of hydrogen-bond acceptors (Lipinski definition) is 6. The van der Waals surface area contributed by atoms with Gasteiger partial charge in [0, 0.05) is 26.2 Å². The predicted octanol–water partition coefficient (Wildman–Crippen LogP) is 4.90. The molecule has 0 bridgehead atoms. The molecule has 2 aliphatic rings. The van der Waals surface area contributed by atoms with E-state index in [2.05, 4.69) is 65.7 Å². The molecule has 2 amide bonds. The van der Waals surface area contributed by atoms with E-state index in [1.807, 2.05) is 48.5 Å². The second kappa shape index (κ2) is 14.5. The molecule has 0 saturated carbocycles. The van der Waals surface area contributed by atoms with Crippen LogP contribution >= 0.6 is 0 Å². The highest BCUT2D eigenvalue weighted by Crippen LogP contribution is 2.38. The molecular weight excluding hydrogens is 563 g/mol. The SMILES string of the molecule is CCN(CC)C(=O)C(C#N)C(C)Cc1ccc2c(c1)CN(CC(=O)N[C@@H](Cc1ccc(C)cc1)B1OC(C)(C)C(C)(C)O1)CC2. The van der Waals surface area contributed by atoms with E-state index in [0.717, 1.165) is 24.1 Å². The predicted molar refractivity (Wildman–Crippen MR) is 178 cm³/mol. The quantitative estimate of drug-likeness (QED) is 0.342. The van der Waals surface area contributed by atoms with Crippen molar-refractivity contribution in [2.24, 2.45) is 11.8 Å². The number of amides is 2. The maximum atomic E-state index is 13.5. The van der Waals surface area contributed by atoms with Crippen molar-refractivity contribution < 1.29 is 18.9 Å². The van der Waals surface area contributed by atoms with E-state index in [-0.39, 0.29) is 30.2 Å². The van der Waals surface area contributed by atoms with E-state index < -0.39 is 24.2 Å². The summed E-state index contributed by atoms with van der Waals surface area (Å²) in [6.45, 7) is 19.0. The van der Waals surface area contributed by atoms with E-state index in [1.54, 1.807) is 4.90 Å². The van der Waals surface area contributed by atoms with Crippen molar-refractivity contribution in [2.45, 2.75) is 98.3 Å². The Hall–Kier alpha value is -3.19. The molecule has 0 spiro atoms. The molecule has 2 aromatic carbocycles. The topological polar surface area (TPSA) is 94.9 Å². The van der Waals surface area contributed by atoms with Crippen molar-refractivity contribution in [3.63, 3.8) is 0 Å². The maximum Gasteiger partial charge on any atom is 0.482 e. The number of fused-ring (bicyclic) bond motifs is 1. The van der Waals surface area contributed by atoms with Gasteiger partial charge in [-0.3, -0.25) is 14.5 Å². The van der Waals surface area contributed by atoms with E-state index >= 15 is 0 Å². The molecule has 1 N–H and O–H groups in total. The normalized spacial score (nSPS) is 19.2. The van der Waals surface area contributed by atoms with Gasteiger partial charge < -0.3 is 19.5 Å². The number of nitrogens with zero attached hydrogens (tertiary/aromatic N) is 3. The lowest BCUT2D eigenvalue weighted by atomic mass is 9.74. The van der Waals surface area contributed by atoms with Gasteiger partial charge in [-0.2, -0.15) is 5.26 Å². The molecule has 1 saturated heterocycles. The highest BCUT2D eigenvalue weighted by Gasteiger charge is 2.54. The van der Waals surface area contributed by atoms with Gasteiger partial charge in [-0.15, -0.1) is 0 Å². The Balaban J connectivity index is 1.41. The number of nitriles is 1. The van der Waals surface area contributed by atoms with Gasteiger partial charge in [0.15, 0.2) is 0 Å². The summed E-state index contributed by atoms with van der Waals surface area (Å²) in [5.74, 6) is -1.25. The maximum absolute atomic E-state index is 13.5. The van der Waals surface area contributed by atoms with E-state index in [1.165, 1.54) is 16.7 Å². The molecule has 8 nitrogen and oxygen atoms in total. The molecule has 0 aliphatic carbocycles. The molecule has 4 rings (SSSR count). The lowest BCUT2D eigenvalue weighted by molar-refractivity contribution is -0.134. The van der Waals surface area contributed by atoms with Crippen molar-refractivity contribution in [2.75, 3.05) is 26.2 Å². The van der Waals surface area contributed by atoms with Crippen LogP contribution < -0.4 is 5.32 Å². The van der Waals surface area contributed by atoms with Crippen LogP contribution in [0.2, 0.25) is 0 Å². The van der Waals surface area contributed by atoms with Crippen molar-refractivity contribution >= 4 is 18.9 Å². The smallest absolute Gasteiger partial charge is 0.402 e. The van der Waals surface area contributed by atoms with Crippen LogP contribution in [0.15, 0.2) is 42.5 Å². The van der Waals surface area contributed by atoms with Crippen molar-refractivity contribution in [3.05, 3.63) is 70.3 Å². The van der Waals surface area contributed by atoms with Gasteiger partial charge >= 0.3 is 7.12 Å². The number of carbonyl (C=O) groups excluding carboxylic acids is 2. The summed E-state index contributed by atoms with van der Waals surface area (Å²) in [5, 5.41) is 13.1. The molecule has 1 fully saturated rings. The average Bonchev–Trinajstić information content (AvgIpc) is 3.20. The molecule has 2 aromatic rings. The summed E-state index contributed by atoms with van der Waals surface area (Å²) in [6.07, 6.45) is 2.12. The number of carbonyl (C=O) groups is 2. The van der Waals surface area contributed by atoms with E-state index in [4.69, 9.17) is 9.31 Å². The zero-order valence-electron chi connectivity index (χ0n) is 28.5. The van der Waals surface area contributed by atoms with Gasteiger partial charge in [0.05, 0.1) is 29.8 Å². The van der Waals surface area contributed by atoms with Gasteiger partial charge in [-0.05, 0) is 95.9 Å². The van der Waals surface area contributed by atoms with Crippen LogP contribution in [0.3, 0.4) is 0 Å². The number of benzene rings is 2. The van der Waals surface area contributed by atoms with Crippen molar-refractivity contribution in [1.29, 1.82) is 5.26 Å². The van der Waals surface area contributed by atoms with Gasteiger partial charge in [-0.25, -0.2) is 0 Å². The van der Waals surface area contributed by atoms with Crippen LogP contribution in [-0.2, 0) is 44.7 Å². The molecular formula is C36H51BN4O4. The van der Waals surface area contributed by atoms with Crippen LogP contribution in [0, 0.1) is 30.1 Å². The van der Waals surface area contributed by atoms with Crippen molar-refractivity contribution in [3.8, 4) is 6.07 Å². The minimum atomic E-state index is -0.669. The van der Waals surface area contributed by atoms with Crippen molar-refractivity contribution in [1.82, 2.24) is 15.1 Å². The Kier molecular flexibility index (Phi) is 11.2. The van der Waals surface area contributed by atoms with E-state index in [0.29, 0.717) is 32.5 Å². The summed E-state index contributed by atoms with van der Waals surface area (Å²) in [4.78, 5) is 30.4. The highest BCUT2D eigenvalue weighted by atomic mass is 16.7. The fourth-order valence-electron chi connectivity index (χ4n) is 6.28. The van der Waals surface area contributed by atoms with Crippen LogP contribution in [0.4, 0.5) is 0 Å². The number of hydrogen-bond donors (Lipinski definition) is 1. The number of aryl methyl sites for hydroxylation is 1. The Morgan fingerprint density at radius 1 is 1.00 bits per heavy atom. The third-order valence-corrected chi connectivity index (χ3v) is 9.86. The summed E-state index contributed by atoms with van der Waals surface area (Å²) in [6, 6.07) is 17.1. The highest BCUT2D eigenvalue weighted by molar-refractivity contribution is 6.48. The molecule has 2 unspecified atom stereocenters. The number of nitrogens with one attached hydrogen (secondary N) is 1. The third-order valence-electron chi connectivity index (χ3n) is 9.86. The monoisotopic (exact) mass is 614 g/mol. The zero-order valence-corrected chi connectivity index (χ0v) is 28.5. The lowest BCUT2D eigenvalue weighted by Gasteiger charge is -2.32. The van der Waals surface area contributed by atoms with Gasteiger partial charge in [-0.1, -0.05) is 55.0 Å². The zero-order chi connectivity index (χ0) is 32.9. The van der Waals surface area contributed by atoms with E-state index in [9.17, 15) is 14.9 Å². The summed E-state index contributed by atoms with van der Waals surface area (Å²) >= 11 is 0. The second-order valence-electron chi connectivity index (χ2n) is 13.9. The molecule has 0 aromatic heterocycles. The van der Waals surface area contributed by atoms with Crippen LogP contribution in [0.5, 0.6) is 0 Å². The summed E-state index contributed by atoms with van der Waals surface area (Å²) < 4.78 is 12.8. The first kappa shape index (κ1) is 34.7. The molecule has 9 heteroatoms. The Morgan fingerprint density at radius 3 is 2.22 bits per heavy atom. The largest absolute Gasteiger partial charge is 0.482 e. The minimum Gasteiger partial charge on any atom is -0.402 e. The first-order valence-electron chi connectivity index (χ1n) is 16.5. The third kappa shape index (κ3) is 8.35. The minimum absolute atomic E-state index is 0.0539. The van der Waals surface area contributed by atoms with Crippen LogP contribution in [-0.4, -0.2) is 72.1 Å². The molecule has 0 radical (unpaired) electrons. The fourth-order valence-corrected chi connectivity index (χ4v) is 6.28. The first-order chi connectivity index (χ1) is 21.3. The molecule has 2 aliphatic heterocycles. The molecule has 2 heterocycles. The fraction of sp³-hybridized carbons (Fsp3) is 0.583. The van der Waals surface area contributed by atoms with Crippen LogP contribution in [0.1, 0.15) is 76.3 Å². The molecule has 3 atom stereocenters. The second-order valence-corrected chi connectivity index (χ2v) is 13.9. The lowest BCUT2D eigenvalue weighted by Crippen LogP contribution is -2.52. The first-order valence-corrected chi connectivity index (χ1v) is 16.5. The summed E-state index contributed by atoms with van der Waals surface area (Å²) in [7, 11) is -0.558. The Labute approximate surface area is 270 Å². The Bertz CT molecular complexity index is 1370. The molecule has 242 valence electrons. The van der Waals surface area contributed by atoms with Gasteiger partial charge in [0.2, 0.25) is 11.8 Å². The van der Waals surface area contributed by atoms with Gasteiger partial charge in [0.1, 0.15) is 5.92 Å². The standard InChI is InChI=1S/C36H51BN4O4/c1-9-41(10-2)34(43)31(22-38)26(4)19-28-15-16-29-17-18-40(23-30(29)20-28)24-33(42)39-32(21-27-13-11-25(3)12-14-27)37-44-35(5,6)36(7,8)45-37/h11-16,20,26,31-32H,9-10,17-19,21,23-24H2,1-8H3,(H,39,42)/t26?,31?,32-/m0/s1.